The molecule has 5 nitrogen and oxygen atoms in total. The van der Waals surface area contributed by atoms with Crippen LogP contribution < -0.4 is 10.6 Å². The summed E-state index contributed by atoms with van der Waals surface area (Å²) in [5, 5.41) is 5.46. The van der Waals surface area contributed by atoms with E-state index in [1.54, 1.807) is 31.0 Å². The van der Waals surface area contributed by atoms with Crippen molar-refractivity contribution in [3.05, 3.63) is 60.4 Å². The number of carbonyl (C=O) groups is 2. The summed E-state index contributed by atoms with van der Waals surface area (Å²) >= 11 is 0. The van der Waals surface area contributed by atoms with Crippen molar-refractivity contribution in [2.75, 3.05) is 24.2 Å². The summed E-state index contributed by atoms with van der Waals surface area (Å²) in [6.07, 6.45) is 0. The topological polar surface area (TPSA) is 61.4 Å². The van der Waals surface area contributed by atoms with E-state index >= 15 is 0 Å². The molecule has 0 aliphatic rings. The van der Waals surface area contributed by atoms with Crippen LogP contribution in [0.15, 0.2) is 54.6 Å². The van der Waals surface area contributed by atoms with Crippen LogP contribution in [0, 0.1) is 5.82 Å². The van der Waals surface area contributed by atoms with Crippen molar-refractivity contribution in [3.8, 4) is 0 Å². The quantitative estimate of drug-likeness (QED) is 0.857. The number of nitrogens with one attached hydrogen (secondary N) is 2. The lowest BCUT2D eigenvalue weighted by Gasteiger charge is -2.23. The Morgan fingerprint density at radius 2 is 1.58 bits per heavy atom. The number of benzene rings is 2. The molecule has 0 spiro atoms. The second-order valence-electron chi connectivity index (χ2n) is 5.50. The molecule has 2 aromatic rings. The lowest BCUT2D eigenvalue weighted by atomic mass is 10.2. The van der Waals surface area contributed by atoms with Crippen molar-refractivity contribution in [2.45, 2.75) is 13.0 Å². The van der Waals surface area contributed by atoms with Crippen molar-refractivity contribution in [1.82, 2.24) is 4.90 Å². The Hall–Kier alpha value is -2.73. The van der Waals surface area contributed by atoms with Gasteiger partial charge in [0.05, 0.1) is 12.6 Å². The molecule has 0 heterocycles. The zero-order chi connectivity index (χ0) is 17.5. The van der Waals surface area contributed by atoms with Crippen molar-refractivity contribution in [3.63, 3.8) is 0 Å². The van der Waals surface area contributed by atoms with Crippen LogP contribution in [0.5, 0.6) is 0 Å². The van der Waals surface area contributed by atoms with Crippen LogP contribution in [0.3, 0.4) is 0 Å². The SMILES string of the molecule is C[C@@H](C(=O)Nc1ccccc1)N(C)CC(=O)Nc1ccc(F)cc1. The van der Waals surface area contributed by atoms with Crippen molar-refractivity contribution < 1.29 is 14.0 Å². The monoisotopic (exact) mass is 329 g/mol. The van der Waals surface area contributed by atoms with E-state index in [2.05, 4.69) is 10.6 Å². The summed E-state index contributed by atoms with van der Waals surface area (Å²) < 4.78 is 12.8. The first kappa shape index (κ1) is 17.6. The minimum absolute atomic E-state index is 0.0424. The third-order valence-electron chi connectivity index (χ3n) is 3.60. The van der Waals surface area contributed by atoms with Gasteiger partial charge in [0.2, 0.25) is 11.8 Å². The van der Waals surface area contributed by atoms with Gasteiger partial charge in [0, 0.05) is 11.4 Å². The van der Waals surface area contributed by atoms with Gasteiger partial charge in [0.1, 0.15) is 5.82 Å². The molecule has 2 amide bonds. The van der Waals surface area contributed by atoms with Crippen LogP contribution in [0.25, 0.3) is 0 Å². The molecule has 0 unspecified atom stereocenters. The highest BCUT2D eigenvalue weighted by atomic mass is 19.1. The summed E-state index contributed by atoms with van der Waals surface area (Å²) in [5.41, 5.74) is 1.22. The van der Waals surface area contributed by atoms with Crippen LogP contribution in [0.2, 0.25) is 0 Å². The Labute approximate surface area is 140 Å². The van der Waals surface area contributed by atoms with Gasteiger partial charge in [0.25, 0.3) is 0 Å². The second kappa shape index (κ2) is 8.21. The minimum Gasteiger partial charge on any atom is -0.325 e. The van der Waals surface area contributed by atoms with Gasteiger partial charge in [-0.05, 0) is 50.4 Å². The molecule has 0 aromatic heterocycles. The van der Waals surface area contributed by atoms with E-state index in [9.17, 15) is 14.0 Å². The fourth-order valence-corrected chi connectivity index (χ4v) is 2.07. The van der Waals surface area contributed by atoms with E-state index in [1.807, 2.05) is 18.2 Å². The third-order valence-corrected chi connectivity index (χ3v) is 3.60. The maximum Gasteiger partial charge on any atom is 0.241 e. The van der Waals surface area contributed by atoms with Gasteiger partial charge >= 0.3 is 0 Å². The van der Waals surface area contributed by atoms with Gasteiger partial charge in [-0.1, -0.05) is 18.2 Å². The van der Waals surface area contributed by atoms with E-state index in [1.165, 1.54) is 24.3 Å². The lowest BCUT2D eigenvalue weighted by molar-refractivity contribution is -0.122. The molecule has 24 heavy (non-hydrogen) atoms. The van der Waals surface area contributed by atoms with E-state index in [0.29, 0.717) is 11.4 Å². The summed E-state index contributed by atoms with van der Waals surface area (Å²) in [4.78, 5) is 25.9. The predicted molar refractivity (Wildman–Crippen MR) is 92.2 cm³/mol. The average Bonchev–Trinajstić information content (AvgIpc) is 2.57. The number of anilines is 2. The molecule has 6 heteroatoms. The highest BCUT2D eigenvalue weighted by molar-refractivity contribution is 5.96. The number of carbonyl (C=O) groups excluding carboxylic acids is 2. The Kier molecular flexibility index (Phi) is 6.03. The van der Waals surface area contributed by atoms with E-state index < -0.39 is 6.04 Å². The van der Waals surface area contributed by atoms with Crippen LogP contribution >= 0.6 is 0 Å². The first-order valence-corrected chi connectivity index (χ1v) is 7.57. The number of halogens is 1. The Morgan fingerprint density at radius 3 is 2.21 bits per heavy atom. The van der Waals surface area contributed by atoms with E-state index in [0.717, 1.165) is 0 Å². The molecular weight excluding hydrogens is 309 g/mol. The molecule has 0 saturated carbocycles. The smallest absolute Gasteiger partial charge is 0.241 e. The number of hydrogen-bond donors (Lipinski definition) is 2. The van der Waals surface area contributed by atoms with Gasteiger partial charge in [-0.3, -0.25) is 14.5 Å². The fraction of sp³-hybridized carbons (Fsp3) is 0.222. The Balaban J connectivity index is 1.86. The van der Waals surface area contributed by atoms with Gasteiger partial charge in [-0.25, -0.2) is 4.39 Å². The van der Waals surface area contributed by atoms with Gasteiger partial charge in [-0.2, -0.15) is 0 Å². The molecule has 0 fully saturated rings. The van der Waals surface area contributed by atoms with Crippen LogP contribution in [-0.4, -0.2) is 36.3 Å². The molecule has 0 saturated heterocycles. The predicted octanol–water partition coefficient (Wildman–Crippen LogP) is 2.72. The molecule has 1 atom stereocenters. The van der Waals surface area contributed by atoms with Crippen molar-refractivity contribution >= 4 is 23.2 Å². The third kappa shape index (κ3) is 5.17. The number of rotatable bonds is 6. The molecule has 0 aliphatic carbocycles. The summed E-state index contributed by atoms with van der Waals surface area (Å²) in [7, 11) is 1.69. The van der Waals surface area contributed by atoms with Crippen molar-refractivity contribution in [2.24, 2.45) is 0 Å². The lowest BCUT2D eigenvalue weighted by Crippen LogP contribution is -2.43. The van der Waals surface area contributed by atoms with E-state index in [4.69, 9.17) is 0 Å². The Morgan fingerprint density at radius 1 is 1.00 bits per heavy atom. The largest absolute Gasteiger partial charge is 0.325 e. The fourth-order valence-electron chi connectivity index (χ4n) is 2.07. The first-order valence-electron chi connectivity index (χ1n) is 7.57. The molecule has 0 radical (unpaired) electrons. The van der Waals surface area contributed by atoms with Crippen LogP contribution in [0.1, 0.15) is 6.92 Å². The van der Waals surface area contributed by atoms with Gasteiger partial charge in [-0.15, -0.1) is 0 Å². The zero-order valence-corrected chi connectivity index (χ0v) is 13.6. The minimum atomic E-state index is -0.482. The number of nitrogens with zero attached hydrogens (tertiary/aromatic N) is 1. The van der Waals surface area contributed by atoms with Gasteiger partial charge in [0.15, 0.2) is 0 Å². The highest BCUT2D eigenvalue weighted by Crippen LogP contribution is 2.09. The van der Waals surface area contributed by atoms with Crippen molar-refractivity contribution in [1.29, 1.82) is 0 Å². The molecular formula is C18H20FN3O2. The maximum atomic E-state index is 12.8. The van der Waals surface area contributed by atoms with Crippen LogP contribution in [-0.2, 0) is 9.59 Å². The molecule has 2 N–H and O–H groups in total. The summed E-state index contributed by atoms with van der Waals surface area (Å²) in [5.74, 6) is -0.835. The zero-order valence-electron chi connectivity index (χ0n) is 13.6. The van der Waals surface area contributed by atoms with Gasteiger partial charge < -0.3 is 10.6 Å². The number of para-hydroxylation sites is 1. The molecule has 0 bridgehead atoms. The Bertz CT molecular complexity index is 689. The highest BCUT2D eigenvalue weighted by Gasteiger charge is 2.20. The van der Waals surface area contributed by atoms with Crippen LogP contribution in [0.4, 0.5) is 15.8 Å². The maximum absolute atomic E-state index is 12.8. The second-order valence-corrected chi connectivity index (χ2v) is 5.50. The molecule has 0 aliphatic heterocycles. The number of likely N-dealkylation sites (N-methyl/N-ethyl adjacent to an activating group) is 1. The first-order chi connectivity index (χ1) is 11.5. The molecule has 126 valence electrons. The standard InChI is InChI=1S/C18H20FN3O2/c1-13(18(24)21-15-6-4-3-5-7-15)22(2)12-17(23)20-16-10-8-14(19)9-11-16/h3-11,13H,12H2,1-2H3,(H,20,23)(H,21,24)/t13-/m0/s1. The normalized spacial score (nSPS) is 11.8. The average molecular weight is 329 g/mol. The van der Waals surface area contributed by atoms with E-state index in [-0.39, 0.29) is 24.2 Å². The number of hydrogen-bond acceptors (Lipinski definition) is 3. The summed E-state index contributed by atoms with van der Waals surface area (Å²) in [6.45, 7) is 1.77. The molecule has 2 rings (SSSR count). The summed E-state index contributed by atoms with van der Waals surface area (Å²) in [6, 6.07) is 14.2. The molecule has 2 aromatic carbocycles. The number of amides is 2.